The van der Waals surface area contributed by atoms with E-state index in [0.29, 0.717) is 32.9 Å². The summed E-state index contributed by atoms with van der Waals surface area (Å²) in [6, 6.07) is 14.9. The third kappa shape index (κ3) is 7.69. The number of hydrogen-bond acceptors (Lipinski definition) is 4. The van der Waals surface area contributed by atoms with Crippen LogP contribution >= 0.6 is 34.8 Å². The van der Waals surface area contributed by atoms with Crippen LogP contribution in [0.4, 0.5) is 5.69 Å². The Morgan fingerprint density at radius 2 is 1.55 bits per heavy atom. The number of carbonyl (C=O) groups is 2. The van der Waals surface area contributed by atoms with E-state index < -0.39 is 28.5 Å². The smallest absolute Gasteiger partial charge is 0.264 e. The zero-order chi connectivity index (χ0) is 29.6. The predicted molar refractivity (Wildman–Crippen MR) is 162 cm³/mol. The molecule has 0 aromatic heterocycles. The first kappa shape index (κ1) is 31.7. The molecule has 1 atom stereocenters. The van der Waals surface area contributed by atoms with Crippen LogP contribution in [0.5, 0.6) is 0 Å². The summed E-state index contributed by atoms with van der Waals surface area (Å²) in [5, 5.41) is 3.94. The molecule has 0 aliphatic heterocycles. The number of hydrogen-bond donors (Lipinski definition) is 1. The van der Waals surface area contributed by atoms with Gasteiger partial charge in [0.15, 0.2) is 0 Å². The second-order valence-electron chi connectivity index (χ2n) is 9.46. The molecule has 3 rings (SSSR count). The van der Waals surface area contributed by atoms with Gasteiger partial charge in [0.05, 0.1) is 10.6 Å². The molecule has 0 saturated heterocycles. The number of nitrogens with zero attached hydrogens (tertiary/aromatic N) is 2. The van der Waals surface area contributed by atoms with Gasteiger partial charge in [0.1, 0.15) is 12.6 Å². The van der Waals surface area contributed by atoms with Gasteiger partial charge in [-0.25, -0.2) is 8.42 Å². The highest BCUT2D eigenvalue weighted by Gasteiger charge is 2.33. The van der Waals surface area contributed by atoms with E-state index >= 15 is 0 Å². The first-order chi connectivity index (χ1) is 18.8. The summed E-state index contributed by atoms with van der Waals surface area (Å²) in [6.07, 6.45) is 0.718. The number of anilines is 1. The Balaban J connectivity index is 2.06. The van der Waals surface area contributed by atoms with Gasteiger partial charge in [-0.2, -0.15) is 0 Å². The minimum atomic E-state index is -4.19. The molecule has 0 bridgehead atoms. The molecule has 0 spiro atoms. The molecule has 0 unspecified atom stereocenters. The second-order valence-corrected chi connectivity index (χ2v) is 12.6. The van der Waals surface area contributed by atoms with Crippen molar-refractivity contribution < 1.29 is 18.0 Å². The van der Waals surface area contributed by atoms with Crippen LogP contribution in [0.15, 0.2) is 65.6 Å². The molecule has 40 heavy (non-hydrogen) atoms. The van der Waals surface area contributed by atoms with Gasteiger partial charge in [-0.3, -0.25) is 13.9 Å². The molecule has 0 fully saturated rings. The Bertz CT molecular complexity index is 1480. The quantitative estimate of drug-likeness (QED) is 0.267. The fourth-order valence-corrected chi connectivity index (χ4v) is 5.96. The van der Waals surface area contributed by atoms with Gasteiger partial charge in [0.25, 0.3) is 10.0 Å². The Kier molecular flexibility index (Phi) is 10.9. The first-order valence-corrected chi connectivity index (χ1v) is 15.3. The van der Waals surface area contributed by atoms with Crippen LogP contribution in [0.3, 0.4) is 0 Å². The number of carbonyl (C=O) groups excluding carboxylic acids is 2. The largest absolute Gasteiger partial charge is 0.354 e. The number of aryl methyl sites for hydroxylation is 2. The van der Waals surface area contributed by atoms with Gasteiger partial charge in [-0.1, -0.05) is 53.9 Å². The van der Waals surface area contributed by atoms with E-state index in [0.717, 1.165) is 21.9 Å². The lowest BCUT2D eigenvalue weighted by molar-refractivity contribution is -0.139. The van der Waals surface area contributed by atoms with E-state index in [1.807, 2.05) is 20.8 Å². The summed E-state index contributed by atoms with van der Waals surface area (Å²) in [5.74, 6) is -0.945. The van der Waals surface area contributed by atoms with Crippen molar-refractivity contribution in [2.24, 2.45) is 0 Å². The normalized spacial score (nSPS) is 12.1. The van der Waals surface area contributed by atoms with Gasteiger partial charge in [0, 0.05) is 28.2 Å². The second kappa shape index (κ2) is 13.7. The van der Waals surface area contributed by atoms with Gasteiger partial charge in [0.2, 0.25) is 11.8 Å². The summed E-state index contributed by atoms with van der Waals surface area (Å²) < 4.78 is 28.8. The number of benzene rings is 3. The average Bonchev–Trinajstić information content (AvgIpc) is 2.91. The van der Waals surface area contributed by atoms with Crippen molar-refractivity contribution >= 4 is 62.3 Å². The molecule has 3 aromatic carbocycles. The number of halogens is 3. The summed E-state index contributed by atoms with van der Waals surface area (Å²) in [6.45, 7) is 7.15. The molecular weight excluding hydrogens is 593 g/mol. The van der Waals surface area contributed by atoms with Crippen LogP contribution in [0.2, 0.25) is 15.1 Å². The molecule has 0 aliphatic rings. The van der Waals surface area contributed by atoms with Crippen molar-refractivity contribution in [1.29, 1.82) is 0 Å². The third-order valence-corrected chi connectivity index (χ3v) is 9.16. The zero-order valence-electron chi connectivity index (χ0n) is 22.7. The van der Waals surface area contributed by atoms with Crippen molar-refractivity contribution in [3.8, 4) is 0 Å². The highest BCUT2D eigenvalue weighted by atomic mass is 35.5. The molecule has 0 radical (unpaired) electrons. The van der Waals surface area contributed by atoms with Crippen LogP contribution < -0.4 is 9.62 Å². The average molecular weight is 625 g/mol. The van der Waals surface area contributed by atoms with Gasteiger partial charge < -0.3 is 10.2 Å². The Morgan fingerprint density at radius 1 is 0.900 bits per heavy atom. The zero-order valence-corrected chi connectivity index (χ0v) is 25.8. The van der Waals surface area contributed by atoms with Crippen molar-refractivity contribution in [2.45, 2.75) is 51.6 Å². The topological polar surface area (TPSA) is 86.8 Å². The molecule has 2 amide bonds. The fraction of sp³-hybridized carbons (Fsp3) is 0.310. The van der Waals surface area contributed by atoms with E-state index in [9.17, 15) is 18.0 Å². The minimum Gasteiger partial charge on any atom is -0.354 e. The molecule has 7 nitrogen and oxygen atoms in total. The maximum atomic E-state index is 14.0. The van der Waals surface area contributed by atoms with E-state index in [4.69, 9.17) is 34.8 Å². The summed E-state index contributed by atoms with van der Waals surface area (Å²) >= 11 is 18.5. The van der Waals surface area contributed by atoms with E-state index in [1.165, 1.54) is 29.2 Å². The van der Waals surface area contributed by atoms with Crippen LogP contribution in [0.1, 0.15) is 37.0 Å². The van der Waals surface area contributed by atoms with Crippen LogP contribution in [0, 0.1) is 13.8 Å². The molecule has 0 aliphatic carbocycles. The van der Waals surface area contributed by atoms with Gasteiger partial charge >= 0.3 is 0 Å². The first-order valence-electron chi connectivity index (χ1n) is 12.7. The predicted octanol–water partition coefficient (Wildman–Crippen LogP) is 6.40. The number of nitrogens with one attached hydrogen (secondary N) is 1. The van der Waals surface area contributed by atoms with Gasteiger partial charge in [-0.15, -0.1) is 0 Å². The number of amides is 2. The Labute approximate surface area is 251 Å². The van der Waals surface area contributed by atoms with Gasteiger partial charge in [-0.05, 0) is 92.4 Å². The lowest BCUT2D eigenvalue weighted by atomic mass is 10.1. The van der Waals surface area contributed by atoms with Crippen molar-refractivity contribution in [3.63, 3.8) is 0 Å². The van der Waals surface area contributed by atoms with E-state index in [1.54, 1.807) is 43.3 Å². The van der Waals surface area contributed by atoms with E-state index in [-0.39, 0.29) is 17.3 Å². The molecule has 3 aromatic rings. The molecule has 214 valence electrons. The van der Waals surface area contributed by atoms with Crippen LogP contribution in [-0.2, 0) is 26.2 Å². The highest BCUT2D eigenvalue weighted by Crippen LogP contribution is 2.28. The van der Waals surface area contributed by atoms with E-state index in [2.05, 4.69) is 5.32 Å². The van der Waals surface area contributed by atoms with Crippen LogP contribution in [0.25, 0.3) is 0 Å². The van der Waals surface area contributed by atoms with Crippen molar-refractivity contribution in [3.05, 3.63) is 92.4 Å². The fourth-order valence-electron chi connectivity index (χ4n) is 3.96. The SMILES string of the molecule is CCCNC(=O)[C@@H](C)N(Cc1ccc(Cl)cc1Cl)C(=O)CN(c1ccc(C)c(C)c1)S(=O)(=O)c1ccc(Cl)cc1. The summed E-state index contributed by atoms with van der Waals surface area (Å²) in [4.78, 5) is 28.2. The monoisotopic (exact) mass is 623 g/mol. The van der Waals surface area contributed by atoms with Crippen molar-refractivity contribution in [2.75, 3.05) is 17.4 Å². The van der Waals surface area contributed by atoms with Crippen molar-refractivity contribution in [1.82, 2.24) is 10.2 Å². The lowest BCUT2D eigenvalue weighted by Gasteiger charge is -2.32. The number of rotatable bonds is 11. The maximum Gasteiger partial charge on any atom is 0.264 e. The molecule has 1 N–H and O–H groups in total. The number of sulfonamides is 1. The van der Waals surface area contributed by atoms with Crippen LogP contribution in [-0.4, -0.2) is 44.3 Å². The molecule has 11 heteroatoms. The Hall–Kier alpha value is -2.78. The highest BCUT2D eigenvalue weighted by molar-refractivity contribution is 7.92. The maximum absolute atomic E-state index is 14.0. The Morgan fingerprint density at radius 3 is 2.15 bits per heavy atom. The standard InChI is InChI=1S/C29H32Cl3N3O4S/c1-5-14-33-29(37)21(4)34(17-22-7-8-24(31)16-27(22)32)28(36)18-35(25-11-6-19(2)20(3)15-25)40(38,39)26-12-9-23(30)10-13-26/h6-13,15-16,21H,5,14,17-18H2,1-4H3,(H,33,37)/t21-/m1/s1. The molecular formula is C29H32Cl3N3O4S. The lowest BCUT2D eigenvalue weighted by Crippen LogP contribution is -2.51. The summed E-state index contributed by atoms with van der Waals surface area (Å²) in [7, 11) is -4.19. The molecule has 0 saturated carbocycles. The third-order valence-electron chi connectivity index (χ3n) is 6.53. The minimum absolute atomic E-state index is 0.0241. The molecule has 0 heterocycles. The summed E-state index contributed by atoms with van der Waals surface area (Å²) in [5.41, 5.74) is 2.71.